The van der Waals surface area contributed by atoms with Gasteiger partial charge in [-0.15, -0.1) is 0 Å². The molecule has 1 aliphatic carbocycles. The third-order valence-electron chi connectivity index (χ3n) is 6.25. The van der Waals surface area contributed by atoms with Gasteiger partial charge < -0.3 is 9.47 Å². The highest BCUT2D eigenvalue weighted by atomic mass is 16.5. The molecule has 2 aliphatic rings. The summed E-state index contributed by atoms with van der Waals surface area (Å²) in [5, 5.41) is 0. The molecule has 3 heteroatoms. The Labute approximate surface area is 174 Å². The molecule has 154 valence electrons. The minimum absolute atomic E-state index is 0.128. The van der Waals surface area contributed by atoms with Crippen molar-refractivity contribution < 1.29 is 14.3 Å². The van der Waals surface area contributed by atoms with Crippen LogP contribution in [0.4, 0.5) is 0 Å². The maximum Gasteiger partial charge on any atom is 0.313 e. The summed E-state index contributed by atoms with van der Waals surface area (Å²) < 4.78 is 11.1. The lowest BCUT2D eigenvalue weighted by atomic mass is 9.79. The maximum absolute atomic E-state index is 12.9. The molecule has 2 aromatic rings. The van der Waals surface area contributed by atoms with Crippen LogP contribution in [0.25, 0.3) is 11.1 Å². The van der Waals surface area contributed by atoms with Crippen LogP contribution in [0.2, 0.25) is 0 Å². The average Bonchev–Trinajstić information content (AvgIpc) is 3.56. The van der Waals surface area contributed by atoms with Crippen LogP contribution in [0, 0.1) is 12.8 Å². The Morgan fingerprint density at radius 1 is 1.21 bits per heavy atom. The molecule has 0 aromatic heterocycles. The van der Waals surface area contributed by atoms with Gasteiger partial charge in [-0.1, -0.05) is 32.0 Å². The van der Waals surface area contributed by atoms with Crippen molar-refractivity contribution in [3.05, 3.63) is 52.6 Å². The van der Waals surface area contributed by atoms with Crippen LogP contribution in [-0.2, 0) is 16.0 Å². The number of ether oxygens (including phenoxy) is 2. The highest BCUT2D eigenvalue weighted by Gasteiger charge is 2.33. The third-order valence-corrected chi connectivity index (χ3v) is 6.25. The topological polar surface area (TPSA) is 35.5 Å². The Morgan fingerprint density at radius 3 is 2.69 bits per heavy atom. The SMILES string of the molecule is COC(=O)C(CC(C)C)c1c(C)ccc(C2CC2)c1-c1ccc2c(c1)CCCO2. The molecule has 1 fully saturated rings. The highest BCUT2D eigenvalue weighted by Crippen LogP contribution is 2.49. The Kier molecular flexibility index (Phi) is 5.67. The van der Waals surface area contributed by atoms with Crippen molar-refractivity contribution in [2.45, 2.75) is 64.7 Å². The number of fused-ring (bicyclic) bond motifs is 1. The molecule has 1 heterocycles. The van der Waals surface area contributed by atoms with E-state index >= 15 is 0 Å². The van der Waals surface area contributed by atoms with Gasteiger partial charge in [0.2, 0.25) is 0 Å². The van der Waals surface area contributed by atoms with Crippen molar-refractivity contribution in [1.29, 1.82) is 0 Å². The molecule has 1 unspecified atom stereocenters. The number of hydrogen-bond acceptors (Lipinski definition) is 3. The molecule has 4 rings (SSSR count). The van der Waals surface area contributed by atoms with E-state index in [9.17, 15) is 4.79 Å². The minimum Gasteiger partial charge on any atom is -0.493 e. The molecule has 0 saturated heterocycles. The normalized spacial score (nSPS) is 16.9. The smallest absolute Gasteiger partial charge is 0.313 e. The molecular weight excluding hydrogens is 360 g/mol. The zero-order chi connectivity index (χ0) is 20.5. The zero-order valence-corrected chi connectivity index (χ0v) is 18.1. The van der Waals surface area contributed by atoms with Gasteiger partial charge in [0.15, 0.2) is 0 Å². The van der Waals surface area contributed by atoms with Crippen LogP contribution in [0.1, 0.15) is 73.6 Å². The van der Waals surface area contributed by atoms with E-state index in [1.807, 2.05) is 0 Å². The Bertz CT molecular complexity index is 908. The number of carbonyl (C=O) groups is 1. The number of carbonyl (C=O) groups excluding carboxylic acids is 1. The van der Waals surface area contributed by atoms with Gasteiger partial charge in [0.25, 0.3) is 0 Å². The molecule has 1 aliphatic heterocycles. The van der Waals surface area contributed by atoms with E-state index in [2.05, 4.69) is 51.1 Å². The monoisotopic (exact) mass is 392 g/mol. The lowest BCUT2D eigenvalue weighted by molar-refractivity contribution is -0.142. The first kappa shape index (κ1) is 20.0. The fourth-order valence-corrected chi connectivity index (χ4v) is 4.71. The van der Waals surface area contributed by atoms with Crippen LogP contribution in [0.15, 0.2) is 30.3 Å². The first-order valence-electron chi connectivity index (χ1n) is 11.0. The number of benzene rings is 2. The van der Waals surface area contributed by atoms with E-state index in [0.717, 1.165) is 37.2 Å². The van der Waals surface area contributed by atoms with Gasteiger partial charge in [0.1, 0.15) is 5.75 Å². The lowest BCUT2D eigenvalue weighted by Gasteiger charge is -2.26. The van der Waals surface area contributed by atoms with Gasteiger partial charge in [-0.25, -0.2) is 0 Å². The number of esters is 1. The summed E-state index contributed by atoms with van der Waals surface area (Å²) in [6.45, 7) is 7.28. The second-order valence-corrected chi connectivity index (χ2v) is 9.01. The Hall–Kier alpha value is -2.29. The fourth-order valence-electron chi connectivity index (χ4n) is 4.71. The van der Waals surface area contributed by atoms with Crippen LogP contribution in [0.3, 0.4) is 0 Å². The molecule has 2 aromatic carbocycles. The quantitative estimate of drug-likeness (QED) is 0.552. The molecule has 29 heavy (non-hydrogen) atoms. The van der Waals surface area contributed by atoms with Gasteiger partial charge >= 0.3 is 5.97 Å². The summed E-state index contributed by atoms with van der Waals surface area (Å²) in [7, 11) is 1.51. The number of aryl methyl sites for hydroxylation is 2. The first-order valence-corrected chi connectivity index (χ1v) is 11.0. The van der Waals surface area contributed by atoms with Gasteiger partial charge in [0.05, 0.1) is 19.6 Å². The lowest BCUT2D eigenvalue weighted by Crippen LogP contribution is -2.19. The van der Waals surface area contributed by atoms with E-state index < -0.39 is 0 Å². The molecule has 3 nitrogen and oxygen atoms in total. The molecule has 0 spiro atoms. The second kappa shape index (κ2) is 8.22. The molecule has 1 saturated carbocycles. The van der Waals surface area contributed by atoms with E-state index in [1.54, 1.807) is 0 Å². The number of rotatable bonds is 6. The second-order valence-electron chi connectivity index (χ2n) is 9.01. The highest BCUT2D eigenvalue weighted by molar-refractivity contribution is 5.85. The Balaban J connectivity index is 1.91. The fraction of sp³-hybridized carbons (Fsp3) is 0.500. The van der Waals surface area contributed by atoms with E-state index in [4.69, 9.17) is 9.47 Å². The summed E-state index contributed by atoms with van der Waals surface area (Å²) in [5.41, 5.74) is 7.48. The largest absolute Gasteiger partial charge is 0.493 e. The van der Waals surface area contributed by atoms with Crippen molar-refractivity contribution in [1.82, 2.24) is 0 Å². The van der Waals surface area contributed by atoms with Crippen molar-refractivity contribution in [3.8, 4) is 16.9 Å². The van der Waals surface area contributed by atoms with E-state index in [0.29, 0.717) is 11.8 Å². The predicted octanol–water partition coefficient (Wildman–Crippen LogP) is 6.17. The number of hydrogen-bond donors (Lipinski definition) is 0. The Morgan fingerprint density at radius 2 is 2.00 bits per heavy atom. The summed E-state index contributed by atoms with van der Waals surface area (Å²) in [4.78, 5) is 12.9. The first-order chi connectivity index (χ1) is 14.0. The van der Waals surface area contributed by atoms with Crippen LogP contribution in [-0.4, -0.2) is 19.7 Å². The average molecular weight is 393 g/mol. The summed E-state index contributed by atoms with van der Waals surface area (Å²) in [6, 6.07) is 11.1. The van der Waals surface area contributed by atoms with Crippen molar-refractivity contribution in [2.24, 2.45) is 5.92 Å². The molecule has 0 N–H and O–H groups in total. The maximum atomic E-state index is 12.9. The van der Waals surface area contributed by atoms with Gasteiger partial charge in [0, 0.05) is 0 Å². The van der Waals surface area contributed by atoms with E-state index in [-0.39, 0.29) is 11.9 Å². The van der Waals surface area contributed by atoms with Crippen molar-refractivity contribution in [2.75, 3.05) is 13.7 Å². The minimum atomic E-state index is -0.235. The van der Waals surface area contributed by atoms with Crippen LogP contribution >= 0.6 is 0 Å². The van der Waals surface area contributed by atoms with Gasteiger partial charge in [-0.3, -0.25) is 4.79 Å². The standard InChI is InChI=1S/C26H32O3/c1-16(2)14-22(26(27)28-4)24-17(3)7-11-21(18-8-9-18)25(24)20-10-12-23-19(15-20)6-5-13-29-23/h7,10-12,15-16,18,22H,5-6,8-9,13-14H2,1-4H3. The zero-order valence-electron chi connectivity index (χ0n) is 18.1. The molecule has 0 radical (unpaired) electrons. The van der Waals surface area contributed by atoms with E-state index in [1.165, 1.54) is 47.8 Å². The number of methoxy groups -OCH3 is 1. The summed E-state index contributed by atoms with van der Waals surface area (Å²) >= 11 is 0. The predicted molar refractivity (Wildman–Crippen MR) is 117 cm³/mol. The molecule has 1 atom stereocenters. The summed E-state index contributed by atoms with van der Waals surface area (Å²) in [5.74, 6) is 1.66. The summed E-state index contributed by atoms with van der Waals surface area (Å²) in [6.07, 6.45) is 5.37. The van der Waals surface area contributed by atoms with Gasteiger partial charge in [-0.05, 0) is 96.4 Å². The van der Waals surface area contributed by atoms with Crippen LogP contribution in [0.5, 0.6) is 5.75 Å². The molecule has 0 amide bonds. The van der Waals surface area contributed by atoms with Gasteiger partial charge in [-0.2, -0.15) is 0 Å². The van der Waals surface area contributed by atoms with Crippen molar-refractivity contribution in [3.63, 3.8) is 0 Å². The molecular formula is C26H32O3. The van der Waals surface area contributed by atoms with Crippen LogP contribution < -0.4 is 4.74 Å². The van der Waals surface area contributed by atoms with Crippen molar-refractivity contribution >= 4 is 5.97 Å². The third kappa shape index (κ3) is 4.05. The molecule has 0 bridgehead atoms.